The number of rotatable bonds is 4. The fraction of sp³-hybridized carbons (Fsp3) is 0.556. The predicted molar refractivity (Wildman–Crippen MR) is 54.1 cm³/mol. The van der Waals surface area contributed by atoms with Gasteiger partial charge in [0.1, 0.15) is 5.69 Å². The maximum Gasteiger partial charge on any atom is 0.271 e. The summed E-state index contributed by atoms with van der Waals surface area (Å²) in [7, 11) is 0. The molecule has 0 aliphatic rings. The van der Waals surface area contributed by atoms with E-state index in [1.54, 1.807) is 5.51 Å². The third-order valence-corrected chi connectivity index (χ3v) is 2.53. The molecule has 13 heavy (non-hydrogen) atoms. The van der Waals surface area contributed by atoms with Crippen LogP contribution in [0, 0.1) is 6.92 Å². The summed E-state index contributed by atoms with van der Waals surface area (Å²) in [6.45, 7) is 4.75. The molecule has 0 atom stereocenters. The van der Waals surface area contributed by atoms with E-state index < -0.39 is 0 Å². The minimum Gasteiger partial charge on any atom is -0.351 e. The highest BCUT2D eigenvalue weighted by Crippen LogP contribution is 2.10. The quantitative estimate of drug-likeness (QED) is 0.752. The van der Waals surface area contributed by atoms with E-state index in [2.05, 4.69) is 17.2 Å². The third kappa shape index (κ3) is 2.81. The van der Waals surface area contributed by atoms with Gasteiger partial charge in [-0.3, -0.25) is 4.79 Å². The van der Waals surface area contributed by atoms with Crippen molar-refractivity contribution in [2.45, 2.75) is 26.7 Å². The largest absolute Gasteiger partial charge is 0.351 e. The molecule has 0 bridgehead atoms. The van der Waals surface area contributed by atoms with Gasteiger partial charge in [0.15, 0.2) is 0 Å². The van der Waals surface area contributed by atoms with Gasteiger partial charge in [-0.25, -0.2) is 4.98 Å². The van der Waals surface area contributed by atoms with E-state index in [-0.39, 0.29) is 5.91 Å². The van der Waals surface area contributed by atoms with E-state index >= 15 is 0 Å². The van der Waals surface area contributed by atoms with Crippen LogP contribution in [-0.4, -0.2) is 17.4 Å². The summed E-state index contributed by atoms with van der Waals surface area (Å²) in [5.41, 5.74) is 2.27. The summed E-state index contributed by atoms with van der Waals surface area (Å²) < 4.78 is 0. The number of thiazole rings is 1. The van der Waals surface area contributed by atoms with Crippen LogP contribution in [0.3, 0.4) is 0 Å². The number of hydrogen-bond donors (Lipinski definition) is 1. The van der Waals surface area contributed by atoms with Crippen LogP contribution in [0.25, 0.3) is 0 Å². The van der Waals surface area contributed by atoms with Crippen molar-refractivity contribution in [3.05, 3.63) is 16.1 Å². The molecule has 0 radical (unpaired) electrons. The number of carbonyl (C=O) groups excluding carboxylic acids is 1. The van der Waals surface area contributed by atoms with Crippen molar-refractivity contribution in [2.24, 2.45) is 0 Å². The molecule has 1 aromatic rings. The Morgan fingerprint density at radius 2 is 2.46 bits per heavy atom. The maximum absolute atomic E-state index is 11.4. The zero-order chi connectivity index (χ0) is 9.68. The zero-order valence-corrected chi connectivity index (χ0v) is 8.78. The van der Waals surface area contributed by atoms with E-state index in [0.717, 1.165) is 24.3 Å². The zero-order valence-electron chi connectivity index (χ0n) is 7.96. The number of hydrogen-bond acceptors (Lipinski definition) is 3. The second kappa shape index (κ2) is 4.97. The molecule has 4 heteroatoms. The van der Waals surface area contributed by atoms with Gasteiger partial charge in [-0.05, 0) is 13.3 Å². The van der Waals surface area contributed by atoms with Gasteiger partial charge >= 0.3 is 0 Å². The average molecular weight is 198 g/mol. The summed E-state index contributed by atoms with van der Waals surface area (Å²) in [5, 5.41) is 2.83. The van der Waals surface area contributed by atoms with Crippen LogP contribution in [0.2, 0.25) is 0 Å². The molecule has 1 N–H and O–H groups in total. The monoisotopic (exact) mass is 198 g/mol. The Morgan fingerprint density at radius 3 is 3.00 bits per heavy atom. The lowest BCUT2D eigenvalue weighted by Gasteiger charge is -2.01. The van der Waals surface area contributed by atoms with Crippen molar-refractivity contribution in [2.75, 3.05) is 6.54 Å². The topological polar surface area (TPSA) is 42.0 Å². The van der Waals surface area contributed by atoms with Crippen LogP contribution < -0.4 is 5.32 Å². The predicted octanol–water partition coefficient (Wildman–Crippen LogP) is 1.98. The van der Waals surface area contributed by atoms with Gasteiger partial charge in [-0.2, -0.15) is 0 Å². The molecular formula is C9H14N2OS. The van der Waals surface area contributed by atoms with Crippen LogP contribution in [0.1, 0.15) is 35.1 Å². The first-order chi connectivity index (χ1) is 6.25. The molecule has 0 saturated carbocycles. The molecule has 3 nitrogen and oxygen atoms in total. The van der Waals surface area contributed by atoms with Crippen LogP contribution in [0.4, 0.5) is 0 Å². The second-order valence-corrected chi connectivity index (χ2v) is 3.93. The number of nitrogens with zero attached hydrogens (tertiary/aromatic N) is 1. The Morgan fingerprint density at radius 1 is 1.69 bits per heavy atom. The summed E-state index contributed by atoms with van der Waals surface area (Å²) in [4.78, 5) is 16.4. The van der Waals surface area contributed by atoms with Crippen LogP contribution in [0.15, 0.2) is 5.51 Å². The number of aryl methyl sites for hydroxylation is 1. The first-order valence-electron chi connectivity index (χ1n) is 4.44. The van der Waals surface area contributed by atoms with Gasteiger partial charge in [0.05, 0.1) is 5.51 Å². The van der Waals surface area contributed by atoms with Gasteiger partial charge in [0.25, 0.3) is 5.91 Å². The fourth-order valence-corrected chi connectivity index (χ4v) is 1.56. The molecule has 0 aliphatic heterocycles. The summed E-state index contributed by atoms with van der Waals surface area (Å²) in [6, 6.07) is 0. The minimum absolute atomic E-state index is 0.0489. The van der Waals surface area contributed by atoms with E-state index in [4.69, 9.17) is 0 Å². The van der Waals surface area contributed by atoms with Crippen molar-refractivity contribution in [1.82, 2.24) is 10.3 Å². The molecular weight excluding hydrogens is 184 g/mol. The first-order valence-corrected chi connectivity index (χ1v) is 5.32. The fourth-order valence-electron chi connectivity index (χ4n) is 0.986. The molecule has 0 unspecified atom stereocenters. The second-order valence-electron chi connectivity index (χ2n) is 2.87. The van der Waals surface area contributed by atoms with Crippen molar-refractivity contribution >= 4 is 17.2 Å². The minimum atomic E-state index is -0.0489. The van der Waals surface area contributed by atoms with Crippen molar-refractivity contribution < 1.29 is 4.79 Å². The van der Waals surface area contributed by atoms with Gasteiger partial charge in [0, 0.05) is 11.4 Å². The van der Waals surface area contributed by atoms with Crippen molar-refractivity contribution in [3.8, 4) is 0 Å². The summed E-state index contributed by atoms with van der Waals surface area (Å²) in [5.74, 6) is -0.0489. The SMILES string of the molecule is CCCCNC(=O)c1ncsc1C. The molecule has 0 fully saturated rings. The number of unbranched alkanes of at least 4 members (excludes halogenated alkanes) is 1. The van der Waals surface area contributed by atoms with Gasteiger partial charge in [0.2, 0.25) is 0 Å². The number of nitrogens with one attached hydrogen (secondary N) is 1. The number of carbonyl (C=O) groups is 1. The van der Waals surface area contributed by atoms with Gasteiger partial charge in [-0.15, -0.1) is 11.3 Å². The molecule has 0 aromatic carbocycles. The molecule has 1 aromatic heterocycles. The highest BCUT2D eigenvalue weighted by Gasteiger charge is 2.10. The number of aromatic nitrogens is 1. The lowest BCUT2D eigenvalue weighted by atomic mass is 10.3. The van der Waals surface area contributed by atoms with Gasteiger partial charge in [-0.1, -0.05) is 13.3 Å². The standard InChI is InChI=1S/C9H14N2OS/c1-3-4-5-10-9(12)8-7(2)13-6-11-8/h6H,3-5H2,1-2H3,(H,10,12). The first kappa shape index (κ1) is 10.2. The van der Waals surface area contributed by atoms with E-state index in [1.807, 2.05) is 6.92 Å². The Balaban J connectivity index is 2.45. The van der Waals surface area contributed by atoms with Gasteiger partial charge < -0.3 is 5.32 Å². The smallest absolute Gasteiger partial charge is 0.271 e. The van der Waals surface area contributed by atoms with Crippen LogP contribution in [0.5, 0.6) is 0 Å². The molecule has 72 valence electrons. The molecule has 1 amide bonds. The Bertz CT molecular complexity index is 283. The molecule has 1 rings (SSSR count). The highest BCUT2D eigenvalue weighted by atomic mass is 32.1. The molecule has 0 spiro atoms. The van der Waals surface area contributed by atoms with Crippen LogP contribution in [-0.2, 0) is 0 Å². The summed E-state index contributed by atoms with van der Waals surface area (Å²) >= 11 is 1.50. The maximum atomic E-state index is 11.4. The Labute approximate surface area is 82.2 Å². The molecule has 1 heterocycles. The third-order valence-electron chi connectivity index (χ3n) is 1.78. The van der Waals surface area contributed by atoms with E-state index in [9.17, 15) is 4.79 Å². The highest BCUT2D eigenvalue weighted by molar-refractivity contribution is 7.09. The average Bonchev–Trinajstić information content (AvgIpc) is 2.52. The normalized spacial score (nSPS) is 10.0. The Hall–Kier alpha value is -0.900. The Kier molecular flexibility index (Phi) is 3.89. The lowest BCUT2D eigenvalue weighted by molar-refractivity contribution is 0.0948. The molecule has 0 aliphatic carbocycles. The van der Waals surface area contributed by atoms with Crippen molar-refractivity contribution in [1.29, 1.82) is 0 Å². The molecule has 0 saturated heterocycles. The van der Waals surface area contributed by atoms with E-state index in [0.29, 0.717) is 5.69 Å². The number of amides is 1. The van der Waals surface area contributed by atoms with Crippen LogP contribution >= 0.6 is 11.3 Å². The lowest BCUT2D eigenvalue weighted by Crippen LogP contribution is -2.25. The van der Waals surface area contributed by atoms with E-state index in [1.165, 1.54) is 11.3 Å². The summed E-state index contributed by atoms with van der Waals surface area (Å²) in [6.07, 6.45) is 2.12. The van der Waals surface area contributed by atoms with Crippen molar-refractivity contribution in [3.63, 3.8) is 0 Å².